The third-order valence-corrected chi connectivity index (χ3v) is 4.05. The van der Waals surface area contributed by atoms with Crippen LogP contribution in [0.2, 0.25) is 0 Å². The van der Waals surface area contributed by atoms with Gasteiger partial charge in [0, 0.05) is 24.7 Å². The van der Waals surface area contributed by atoms with Crippen molar-refractivity contribution in [2.45, 2.75) is 19.9 Å². The van der Waals surface area contributed by atoms with Gasteiger partial charge in [-0.25, -0.2) is 14.3 Å². The molecule has 8 nitrogen and oxygen atoms in total. The van der Waals surface area contributed by atoms with E-state index in [0.29, 0.717) is 35.5 Å². The summed E-state index contributed by atoms with van der Waals surface area (Å²) in [5, 5.41) is 0.314. The molecule has 26 heavy (non-hydrogen) atoms. The lowest BCUT2D eigenvalue weighted by Crippen LogP contribution is -2.39. The fourth-order valence-corrected chi connectivity index (χ4v) is 2.82. The maximum atomic E-state index is 13.1. The molecule has 2 N–H and O–H groups in total. The van der Waals surface area contributed by atoms with E-state index in [1.807, 2.05) is 6.92 Å². The maximum Gasteiger partial charge on any atom is 0.337 e. The van der Waals surface area contributed by atoms with Crippen LogP contribution in [0, 0.1) is 0 Å². The molecule has 3 rings (SSSR count). The lowest BCUT2D eigenvalue weighted by Gasteiger charge is -2.15. The molecule has 0 amide bonds. The highest BCUT2D eigenvalue weighted by molar-refractivity contribution is 5.77. The van der Waals surface area contributed by atoms with E-state index in [0.717, 1.165) is 0 Å². The molecule has 0 spiro atoms. The third-order valence-electron chi connectivity index (χ3n) is 4.05. The summed E-state index contributed by atoms with van der Waals surface area (Å²) >= 11 is 0. The number of ether oxygens (including phenoxy) is 2. The summed E-state index contributed by atoms with van der Waals surface area (Å²) in [6, 6.07) is 8.17. The van der Waals surface area contributed by atoms with Crippen LogP contribution in [-0.4, -0.2) is 28.3 Å². The van der Waals surface area contributed by atoms with Crippen LogP contribution in [0.1, 0.15) is 13.3 Å². The Labute approximate surface area is 149 Å². The molecule has 8 heteroatoms. The zero-order valence-electron chi connectivity index (χ0n) is 14.9. The molecular weight excluding hydrogens is 336 g/mol. The van der Waals surface area contributed by atoms with Crippen molar-refractivity contribution < 1.29 is 9.47 Å². The van der Waals surface area contributed by atoms with E-state index in [-0.39, 0.29) is 17.0 Å². The maximum absolute atomic E-state index is 13.1. The Morgan fingerprint density at radius 3 is 2.31 bits per heavy atom. The first-order valence-corrected chi connectivity index (χ1v) is 8.15. The molecule has 0 radical (unpaired) electrons. The number of benzene rings is 1. The second-order valence-corrected chi connectivity index (χ2v) is 5.75. The molecule has 2 heterocycles. The van der Waals surface area contributed by atoms with Gasteiger partial charge in [-0.15, -0.1) is 0 Å². The van der Waals surface area contributed by atoms with Crippen molar-refractivity contribution in [3.8, 4) is 17.2 Å². The smallest absolute Gasteiger partial charge is 0.337 e. The van der Waals surface area contributed by atoms with Gasteiger partial charge in [0.2, 0.25) is 0 Å². The van der Waals surface area contributed by atoms with Gasteiger partial charge >= 0.3 is 5.69 Å². The second kappa shape index (κ2) is 6.91. The van der Waals surface area contributed by atoms with Crippen LogP contribution in [0.3, 0.4) is 0 Å². The van der Waals surface area contributed by atoms with E-state index in [1.54, 1.807) is 30.3 Å². The Hall–Kier alpha value is -3.29. The van der Waals surface area contributed by atoms with Gasteiger partial charge in [-0.3, -0.25) is 9.36 Å². The Kier molecular flexibility index (Phi) is 4.66. The molecule has 0 unspecified atom stereocenters. The summed E-state index contributed by atoms with van der Waals surface area (Å²) in [7, 11) is 3.04. The molecule has 0 aliphatic carbocycles. The van der Waals surface area contributed by atoms with Crippen LogP contribution >= 0.6 is 0 Å². The molecular formula is C18H20N4O4. The minimum atomic E-state index is -0.488. The monoisotopic (exact) mass is 356 g/mol. The molecule has 0 aliphatic heterocycles. The number of nitrogen functional groups attached to an aromatic ring is 1. The average Bonchev–Trinajstić information content (AvgIpc) is 2.64. The summed E-state index contributed by atoms with van der Waals surface area (Å²) in [4.78, 5) is 30.0. The first kappa shape index (κ1) is 17.5. The zero-order chi connectivity index (χ0) is 18.8. The number of methoxy groups -OCH3 is 2. The Morgan fingerprint density at radius 1 is 1.08 bits per heavy atom. The quantitative estimate of drug-likeness (QED) is 0.744. The normalized spacial score (nSPS) is 10.9. The lowest BCUT2D eigenvalue weighted by molar-refractivity contribution is 0.394. The molecule has 0 aliphatic rings. The molecule has 1 aromatic carbocycles. The van der Waals surface area contributed by atoms with Crippen LogP contribution in [0.15, 0.2) is 39.9 Å². The number of anilines is 1. The second-order valence-electron chi connectivity index (χ2n) is 5.75. The summed E-state index contributed by atoms with van der Waals surface area (Å²) < 4.78 is 13.1. The van der Waals surface area contributed by atoms with Crippen molar-refractivity contribution in [3.05, 3.63) is 51.2 Å². The van der Waals surface area contributed by atoms with E-state index in [4.69, 9.17) is 15.2 Å². The van der Waals surface area contributed by atoms with Gasteiger partial charge in [-0.2, -0.15) is 0 Å². The number of rotatable bonds is 5. The molecule has 0 saturated carbocycles. The highest BCUT2D eigenvalue weighted by Crippen LogP contribution is 2.25. The van der Waals surface area contributed by atoms with Crippen LogP contribution in [-0.2, 0) is 6.54 Å². The van der Waals surface area contributed by atoms with Crippen molar-refractivity contribution in [2.75, 3.05) is 20.0 Å². The average molecular weight is 356 g/mol. The van der Waals surface area contributed by atoms with Crippen LogP contribution in [0.25, 0.3) is 16.7 Å². The minimum Gasteiger partial charge on any atom is -0.497 e. The minimum absolute atomic E-state index is 0.197. The highest BCUT2D eigenvalue weighted by atomic mass is 16.5. The first-order chi connectivity index (χ1) is 12.5. The van der Waals surface area contributed by atoms with Gasteiger partial charge in [0.05, 0.1) is 25.3 Å². The van der Waals surface area contributed by atoms with E-state index >= 15 is 0 Å². The van der Waals surface area contributed by atoms with Gasteiger partial charge in [-0.1, -0.05) is 6.92 Å². The molecule has 0 atom stereocenters. The molecule has 3 aromatic rings. The predicted molar refractivity (Wildman–Crippen MR) is 99.4 cm³/mol. The SMILES string of the molecule is CCCn1c(=O)c2ccc(N)nc2n(-c2cc(OC)cc(OC)c2)c1=O. The van der Waals surface area contributed by atoms with Crippen molar-refractivity contribution >= 4 is 16.9 Å². The summed E-state index contributed by atoms with van der Waals surface area (Å²) in [6.45, 7) is 2.20. The van der Waals surface area contributed by atoms with Crippen LogP contribution in [0.4, 0.5) is 5.82 Å². The Balaban J connectivity index is 2.47. The van der Waals surface area contributed by atoms with Crippen molar-refractivity contribution in [3.63, 3.8) is 0 Å². The molecule has 2 aromatic heterocycles. The van der Waals surface area contributed by atoms with E-state index in [9.17, 15) is 9.59 Å². The summed E-state index contributed by atoms with van der Waals surface area (Å²) in [5.41, 5.74) is 5.59. The molecule has 136 valence electrons. The number of pyridine rings is 1. The van der Waals surface area contributed by atoms with Crippen molar-refractivity contribution in [1.29, 1.82) is 0 Å². The number of aromatic nitrogens is 3. The standard InChI is InChI=1S/C18H20N4O4/c1-4-7-21-17(23)14-5-6-15(19)20-16(14)22(18(21)24)11-8-12(25-2)10-13(9-11)26-3/h5-6,8-10H,4,7H2,1-3H3,(H2,19,20). The number of fused-ring (bicyclic) bond motifs is 1. The molecule has 0 fully saturated rings. The summed E-state index contributed by atoms with van der Waals surface area (Å²) in [5.74, 6) is 1.24. The van der Waals surface area contributed by atoms with E-state index < -0.39 is 5.69 Å². The molecule has 0 saturated heterocycles. The molecule has 0 bridgehead atoms. The van der Waals surface area contributed by atoms with Crippen LogP contribution in [0.5, 0.6) is 11.5 Å². The third kappa shape index (κ3) is 2.90. The largest absolute Gasteiger partial charge is 0.497 e. The fraction of sp³-hybridized carbons (Fsp3) is 0.278. The van der Waals surface area contributed by atoms with E-state index in [2.05, 4.69) is 4.98 Å². The highest BCUT2D eigenvalue weighted by Gasteiger charge is 2.17. The van der Waals surface area contributed by atoms with Crippen LogP contribution < -0.4 is 26.5 Å². The first-order valence-electron chi connectivity index (χ1n) is 8.15. The topological polar surface area (TPSA) is 101 Å². The van der Waals surface area contributed by atoms with Gasteiger partial charge in [0.25, 0.3) is 5.56 Å². The lowest BCUT2D eigenvalue weighted by atomic mass is 10.2. The Bertz CT molecular complexity index is 1060. The number of hydrogen-bond acceptors (Lipinski definition) is 6. The zero-order valence-corrected chi connectivity index (χ0v) is 14.9. The van der Waals surface area contributed by atoms with Gasteiger partial charge in [0.15, 0.2) is 5.65 Å². The van der Waals surface area contributed by atoms with Crippen molar-refractivity contribution in [1.82, 2.24) is 14.1 Å². The predicted octanol–water partition coefficient (Wildman–Crippen LogP) is 1.56. The van der Waals surface area contributed by atoms with E-state index in [1.165, 1.54) is 23.4 Å². The Morgan fingerprint density at radius 2 is 1.73 bits per heavy atom. The van der Waals surface area contributed by atoms with Gasteiger partial charge in [-0.05, 0) is 18.6 Å². The fourth-order valence-electron chi connectivity index (χ4n) is 2.82. The number of hydrogen-bond donors (Lipinski definition) is 1. The summed E-state index contributed by atoms with van der Waals surface area (Å²) in [6.07, 6.45) is 0.643. The number of nitrogens with two attached hydrogens (primary N) is 1. The number of nitrogens with zero attached hydrogens (tertiary/aromatic N) is 3. The van der Waals surface area contributed by atoms with Gasteiger partial charge < -0.3 is 15.2 Å². The van der Waals surface area contributed by atoms with Gasteiger partial charge in [0.1, 0.15) is 17.3 Å². The van der Waals surface area contributed by atoms with Crippen molar-refractivity contribution in [2.24, 2.45) is 0 Å².